The van der Waals surface area contributed by atoms with Gasteiger partial charge in [-0.1, -0.05) is 30.3 Å². The lowest BCUT2D eigenvalue weighted by molar-refractivity contribution is -0.118. The Hall–Kier alpha value is -3.34. The lowest BCUT2D eigenvalue weighted by atomic mass is 10.1. The Morgan fingerprint density at radius 3 is 2.34 bits per heavy atom. The van der Waals surface area contributed by atoms with Crippen LogP contribution in [-0.4, -0.2) is 36.4 Å². The minimum absolute atomic E-state index is 0.0576. The summed E-state index contributed by atoms with van der Waals surface area (Å²) in [5.41, 5.74) is 1.30. The van der Waals surface area contributed by atoms with Gasteiger partial charge in [-0.2, -0.15) is 0 Å². The van der Waals surface area contributed by atoms with Gasteiger partial charge in [0.25, 0.3) is 11.8 Å². The number of carbonyl (C=O) groups excluding carboxylic acids is 2. The number of nitrogens with zero attached hydrogens (tertiary/aromatic N) is 1. The van der Waals surface area contributed by atoms with Gasteiger partial charge in [0.1, 0.15) is 5.75 Å². The summed E-state index contributed by atoms with van der Waals surface area (Å²) in [4.78, 5) is 26.6. The van der Waals surface area contributed by atoms with E-state index >= 15 is 0 Å². The van der Waals surface area contributed by atoms with E-state index < -0.39 is 0 Å². The van der Waals surface area contributed by atoms with E-state index in [-0.39, 0.29) is 18.4 Å². The minimum atomic E-state index is -0.242. The molecule has 5 heteroatoms. The van der Waals surface area contributed by atoms with E-state index in [2.05, 4.69) is 5.32 Å². The Morgan fingerprint density at radius 1 is 0.862 bits per heavy atom. The number of benzene rings is 3. The van der Waals surface area contributed by atoms with Crippen LogP contribution in [-0.2, 0) is 4.79 Å². The molecule has 1 N–H and O–H groups in total. The predicted octanol–water partition coefficient (Wildman–Crippen LogP) is 4.48. The van der Waals surface area contributed by atoms with Crippen molar-refractivity contribution in [3.8, 4) is 5.75 Å². The number of anilines is 1. The first kappa shape index (κ1) is 19.0. The molecular weight excluding hydrogens is 364 g/mol. The van der Waals surface area contributed by atoms with Gasteiger partial charge >= 0.3 is 0 Å². The van der Waals surface area contributed by atoms with Crippen LogP contribution in [0.2, 0.25) is 0 Å². The second-order valence-electron chi connectivity index (χ2n) is 7.28. The van der Waals surface area contributed by atoms with Gasteiger partial charge in [0.15, 0.2) is 6.61 Å². The average Bonchev–Trinajstić information content (AvgIpc) is 2.78. The van der Waals surface area contributed by atoms with Gasteiger partial charge in [0, 0.05) is 24.3 Å². The van der Waals surface area contributed by atoms with Crippen LogP contribution in [0.3, 0.4) is 0 Å². The molecule has 0 spiro atoms. The van der Waals surface area contributed by atoms with Crippen molar-refractivity contribution in [1.82, 2.24) is 4.90 Å². The topological polar surface area (TPSA) is 58.6 Å². The Kier molecular flexibility index (Phi) is 5.75. The summed E-state index contributed by atoms with van der Waals surface area (Å²) in [5, 5.41) is 5.00. The van der Waals surface area contributed by atoms with Crippen molar-refractivity contribution in [2.45, 2.75) is 19.3 Å². The fourth-order valence-electron chi connectivity index (χ4n) is 3.58. The lowest BCUT2D eigenvalue weighted by Crippen LogP contribution is -2.35. The fourth-order valence-corrected chi connectivity index (χ4v) is 3.58. The molecule has 1 aliphatic heterocycles. The zero-order chi connectivity index (χ0) is 20.1. The number of piperidine rings is 1. The lowest BCUT2D eigenvalue weighted by Gasteiger charge is -2.26. The molecule has 1 fully saturated rings. The third-order valence-electron chi connectivity index (χ3n) is 5.15. The number of fused-ring (bicyclic) bond motifs is 1. The quantitative estimate of drug-likeness (QED) is 0.701. The van der Waals surface area contributed by atoms with Gasteiger partial charge in [-0.05, 0) is 66.4 Å². The summed E-state index contributed by atoms with van der Waals surface area (Å²) < 4.78 is 5.62. The van der Waals surface area contributed by atoms with E-state index in [1.807, 2.05) is 47.4 Å². The third-order valence-corrected chi connectivity index (χ3v) is 5.15. The molecule has 3 aromatic rings. The second kappa shape index (κ2) is 8.78. The number of carbonyl (C=O) groups is 2. The molecular formula is C24H24N2O3. The summed E-state index contributed by atoms with van der Waals surface area (Å²) in [7, 11) is 0. The highest BCUT2D eigenvalue weighted by atomic mass is 16.5. The van der Waals surface area contributed by atoms with Crippen molar-refractivity contribution >= 4 is 28.3 Å². The monoisotopic (exact) mass is 388 g/mol. The molecule has 0 radical (unpaired) electrons. The molecule has 0 aliphatic carbocycles. The number of rotatable bonds is 5. The second-order valence-corrected chi connectivity index (χ2v) is 7.28. The molecule has 0 unspecified atom stereocenters. The molecule has 1 saturated heterocycles. The Balaban J connectivity index is 1.31. The molecule has 148 valence electrons. The zero-order valence-corrected chi connectivity index (χ0v) is 16.3. The third kappa shape index (κ3) is 4.74. The maximum absolute atomic E-state index is 12.5. The van der Waals surface area contributed by atoms with Crippen LogP contribution in [0.5, 0.6) is 5.75 Å². The van der Waals surface area contributed by atoms with Gasteiger partial charge < -0.3 is 15.0 Å². The van der Waals surface area contributed by atoms with Crippen molar-refractivity contribution in [1.29, 1.82) is 0 Å². The highest BCUT2D eigenvalue weighted by Crippen LogP contribution is 2.20. The molecule has 5 nitrogen and oxygen atoms in total. The first-order chi connectivity index (χ1) is 14.2. The van der Waals surface area contributed by atoms with Crippen LogP contribution in [0.1, 0.15) is 29.6 Å². The van der Waals surface area contributed by atoms with Crippen molar-refractivity contribution < 1.29 is 14.3 Å². The van der Waals surface area contributed by atoms with Crippen molar-refractivity contribution in [3.05, 3.63) is 72.3 Å². The maximum atomic E-state index is 12.5. The van der Waals surface area contributed by atoms with Gasteiger partial charge in [-0.3, -0.25) is 9.59 Å². The first-order valence-electron chi connectivity index (χ1n) is 10.00. The van der Waals surface area contributed by atoms with E-state index in [9.17, 15) is 9.59 Å². The van der Waals surface area contributed by atoms with Crippen LogP contribution in [0.4, 0.5) is 5.69 Å². The van der Waals surface area contributed by atoms with E-state index in [1.54, 1.807) is 24.3 Å². The van der Waals surface area contributed by atoms with Crippen LogP contribution < -0.4 is 10.1 Å². The summed E-state index contributed by atoms with van der Waals surface area (Å²) in [6.07, 6.45) is 3.32. The van der Waals surface area contributed by atoms with Gasteiger partial charge in [0.2, 0.25) is 0 Å². The summed E-state index contributed by atoms with van der Waals surface area (Å²) >= 11 is 0. The largest absolute Gasteiger partial charge is 0.484 e. The smallest absolute Gasteiger partial charge is 0.262 e. The van der Waals surface area contributed by atoms with Crippen LogP contribution in [0, 0.1) is 0 Å². The number of ether oxygens (including phenoxy) is 1. The summed E-state index contributed by atoms with van der Waals surface area (Å²) in [6.45, 7) is 1.57. The fraction of sp³-hybridized carbons (Fsp3) is 0.250. The van der Waals surface area contributed by atoms with E-state index in [0.29, 0.717) is 17.0 Å². The van der Waals surface area contributed by atoms with Crippen molar-refractivity contribution in [3.63, 3.8) is 0 Å². The average molecular weight is 388 g/mol. The minimum Gasteiger partial charge on any atom is -0.484 e. The van der Waals surface area contributed by atoms with Gasteiger partial charge in [0.05, 0.1) is 0 Å². The Morgan fingerprint density at radius 2 is 1.59 bits per heavy atom. The van der Waals surface area contributed by atoms with E-state index in [0.717, 1.165) is 36.7 Å². The highest BCUT2D eigenvalue weighted by molar-refractivity contribution is 5.96. The summed E-state index contributed by atoms with van der Waals surface area (Å²) in [6, 6.07) is 20.8. The normalized spacial score (nSPS) is 13.9. The number of amides is 2. The van der Waals surface area contributed by atoms with Gasteiger partial charge in [-0.25, -0.2) is 0 Å². The molecule has 0 saturated carbocycles. The standard InChI is InChI=1S/C24H24N2O3/c27-23(17-29-22-13-10-18-6-2-3-7-20(18)16-22)25-21-11-8-19(9-12-21)24(28)26-14-4-1-5-15-26/h2-3,6-13,16H,1,4-5,14-15,17H2,(H,25,27). The number of hydrogen-bond donors (Lipinski definition) is 1. The van der Waals surface area contributed by atoms with E-state index in [1.165, 1.54) is 6.42 Å². The van der Waals surface area contributed by atoms with Crippen LogP contribution in [0.25, 0.3) is 10.8 Å². The molecule has 2 amide bonds. The van der Waals surface area contributed by atoms with Crippen LogP contribution >= 0.6 is 0 Å². The number of likely N-dealkylation sites (tertiary alicyclic amines) is 1. The van der Waals surface area contributed by atoms with Crippen molar-refractivity contribution in [2.75, 3.05) is 25.0 Å². The zero-order valence-electron chi connectivity index (χ0n) is 16.3. The van der Waals surface area contributed by atoms with Gasteiger partial charge in [-0.15, -0.1) is 0 Å². The van der Waals surface area contributed by atoms with Crippen molar-refractivity contribution in [2.24, 2.45) is 0 Å². The molecule has 0 atom stereocenters. The first-order valence-corrected chi connectivity index (χ1v) is 10.00. The molecule has 3 aromatic carbocycles. The Labute approximate surface area is 170 Å². The molecule has 1 aliphatic rings. The molecule has 0 bridgehead atoms. The Bertz CT molecular complexity index is 1010. The number of nitrogens with one attached hydrogen (secondary N) is 1. The maximum Gasteiger partial charge on any atom is 0.262 e. The molecule has 29 heavy (non-hydrogen) atoms. The SMILES string of the molecule is O=C(COc1ccc2ccccc2c1)Nc1ccc(C(=O)N2CCCCC2)cc1. The van der Waals surface area contributed by atoms with E-state index in [4.69, 9.17) is 4.74 Å². The highest BCUT2D eigenvalue weighted by Gasteiger charge is 2.18. The number of hydrogen-bond acceptors (Lipinski definition) is 3. The molecule has 1 heterocycles. The molecule has 0 aromatic heterocycles. The van der Waals surface area contributed by atoms with Crippen LogP contribution in [0.15, 0.2) is 66.7 Å². The summed E-state index contributed by atoms with van der Waals surface area (Å²) in [5.74, 6) is 0.469. The molecule has 4 rings (SSSR count). The predicted molar refractivity (Wildman–Crippen MR) is 114 cm³/mol.